The normalized spacial score (nSPS) is 8.78. The number of hydrogen-bond donors (Lipinski definition) is 0. The molecule has 0 amide bonds. The Bertz CT molecular complexity index is 235. The highest BCUT2D eigenvalue weighted by atomic mass is 32.1. The summed E-state index contributed by atoms with van der Waals surface area (Å²) in [4.78, 5) is 1.04. The van der Waals surface area contributed by atoms with Gasteiger partial charge in [-0.3, -0.25) is 0 Å². The van der Waals surface area contributed by atoms with E-state index in [0.29, 0.717) is 6.42 Å². The van der Waals surface area contributed by atoms with Crippen LogP contribution < -0.4 is 4.78 Å². The zero-order chi connectivity index (χ0) is 6.69. The first-order chi connectivity index (χ1) is 4.33. The maximum Gasteiger partial charge on any atom is 0.128 e. The summed E-state index contributed by atoms with van der Waals surface area (Å²) in [5.41, 5.74) is 0. The highest BCUT2D eigenvalue weighted by Gasteiger charge is 1.92. The molecule has 0 fully saturated rings. The van der Waals surface area contributed by atoms with Crippen molar-refractivity contribution >= 4 is 24.0 Å². The average molecular weight is 133 g/mol. The highest BCUT2D eigenvalue weighted by Crippen LogP contribution is 2.04. The van der Waals surface area contributed by atoms with Crippen LogP contribution in [0.2, 0.25) is 0 Å². The van der Waals surface area contributed by atoms with E-state index in [2.05, 4.69) is 6.07 Å². The maximum absolute atomic E-state index is 8.24. The van der Waals surface area contributed by atoms with Gasteiger partial charge in [0.25, 0.3) is 0 Å². The van der Waals surface area contributed by atoms with E-state index < -0.39 is 0 Å². The molecular weight excluding hydrogens is 129 g/mol. The van der Waals surface area contributed by atoms with E-state index in [-0.39, 0.29) is 0 Å². The number of rotatable bonds is 1. The fraction of sp³-hybridized carbons (Fsp3) is 0.167. The number of nitrogens with zero attached hydrogens (tertiary/aromatic N) is 1. The lowest BCUT2D eigenvalue weighted by Crippen LogP contribution is -1.88. The van der Waals surface area contributed by atoms with Gasteiger partial charge in [-0.2, -0.15) is 16.6 Å². The van der Waals surface area contributed by atoms with Crippen molar-refractivity contribution in [2.75, 3.05) is 0 Å². The first kappa shape index (κ1) is 6.38. The van der Waals surface area contributed by atoms with E-state index in [9.17, 15) is 0 Å². The summed E-state index contributed by atoms with van der Waals surface area (Å²) in [6.45, 7) is 0. The van der Waals surface area contributed by atoms with Crippen LogP contribution in [0.4, 0.5) is 0 Å². The van der Waals surface area contributed by atoms with Gasteiger partial charge in [0.1, 0.15) is 7.85 Å². The number of hydrogen-bond acceptors (Lipinski definition) is 2. The van der Waals surface area contributed by atoms with Crippen LogP contribution in [0.5, 0.6) is 0 Å². The summed E-state index contributed by atoms with van der Waals surface area (Å²) in [6.07, 6.45) is 0.474. The third kappa shape index (κ3) is 1.58. The maximum atomic E-state index is 8.24. The molecule has 1 nitrogen and oxygen atoms in total. The quantitative estimate of drug-likeness (QED) is 0.514. The van der Waals surface area contributed by atoms with Gasteiger partial charge in [0.15, 0.2) is 0 Å². The van der Waals surface area contributed by atoms with Gasteiger partial charge in [-0.05, 0) is 10.8 Å². The van der Waals surface area contributed by atoms with Gasteiger partial charge >= 0.3 is 0 Å². The Kier molecular flexibility index (Phi) is 1.91. The minimum Gasteiger partial charge on any atom is -0.198 e. The predicted molar refractivity (Wildman–Crippen MR) is 39.0 cm³/mol. The predicted octanol–water partition coefficient (Wildman–Crippen LogP) is 0.608. The van der Waals surface area contributed by atoms with Crippen molar-refractivity contribution in [3.63, 3.8) is 0 Å². The van der Waals surface area contributed by atoms with Crippen molar-refractivity contribution in [2.24, 2.45) is 0 Å². The van der Waals surface area contributed by atoms with E-state index in [1.165, 1.54) is 11.3 Å². The van der Waals surface area contributed by atoms with E-state index >= 15 is 0 Å². The monoisotopic (exact) mass is 133 g/mol. The van der Waals surface area contributed by atoms with Crippen molar-refractivity contribution in [3.05, 3.63) is 17.0 Å². The first-order valence-electron chi connectivity index (χ1n) is 2.54. The third-order valence-electron chi connectivity index (χ3n) is 0.936. The molecule has 3 heteroatoms. The SMILES string of the molecule is [B]c1ccc(CC#N)s1. The Hall–Kier alpha value is -0.745. The van der Waals surface area contributed by atoms with Crippen molar-refractivity contribution in [3.8, 4) is 6.07 Å². The lowest BCUT2D eigenvalue weighted by atomic mass is 10.1. The Morgan fingerprint density at radius 2 is 2.44 bits per heavy atom. The zero-order valence-electron chi connectivity index (χ0n) is 4.79. The van der Waals surface area contributed by atoms with Gasteiger partial charge in [-0.25, -0.2) is 0 Å². The summed E-state index contributed by atoms with van der Waals surface area (Å²) >= 11 is 1.47. The van der Waals surface area contributed by atoms with Gasteiger partial charge in [0.2, 0.25) is 0 Å². The van der Waals surface area contributed by atoms with Gasteiger partial charge in [0.05, 0.1) is 12.5 Å². The Labute approximate surface area is 59.3 Å². The van der Waals surface area contributed by atoms with Gasteiger partial charge in [0, 0.05) is 4.88 Å². The third-order valence-corrected chi connectivity index (χ3v) is 1.85. The molecular formula is C6H4BNS. The van der Waals surface area contributed by atoms with Gasteiger partial charge < -0.3 is 0 Å². The van der Waals surface area contributed by atoms with Crippen LogP contribution in [0.15, 0.2) is 12.1 Å². The standard InChI is InChI=1S/C6H4BNS/c7-6-2-1-5(9-6)3-4-8/h1-2H,3H2. The zero-order valence-corrected chi connectivity index (χ0v) is 5.61. The molecule has 1 rings (SSSR count). The molecule has 0 aliphatic heterocycles. The molecule has 2 radical (unpaired) electrons. The van der Waals surface area contributed by atoms with Gasteiger partial charge in [-0.1, -0.05) is 6.07 Å². The summed E-state index contributed by atoms with van der Waals surface area (Å²) in [6, 6.07) is 5.75. The van der Waals surface area contributed by atoms with E-state index in [1.54, 1.807) is 0 Å². The van der Waals surface area contributed by atoms with E-state index in [1.807, 2.05) is 12.1 Å². The van der Waals surface area contributed by atoms with Crippen molar-refractivity contribution in [1.82, 2.24) is 0 Å². The fourth-order valence-electron chi connectivity index (χ4n) is 0.567. The van der Waals surface area contributed by atoms with Crippen LogP contribution in [-0.2, 0) is 6.42 Å². The second-order valence-electron chi connectivity index (χ2n) is 1.64. The summed E-state index contributed by atoms with van der Waals surface area (Å²) in [7, 11) is 5.42. The second-order valence-corrected chi connectivity index (χ2v) is 2.84. The lowest BCUT2D eigenvalue weighted by molar-refractivity contribution is 1.32. The topological polar surface area (TPSA) is 23.8 Å². The van der Waals surface area contributed by atoms with Crippen LogP contribution in [-0.4, -0.2) is 7.85 Å². The summed E-state index contributed by atoms with van der Waals surface area (Å²) in [5.74, 6) is 0. The largest absolute Gasteiger partial charge is 0.198 e. The lowest BCUT2D eigenvalue weighted by Gasteiger charge is -1.78. The van der Waals surface area contributed by atoms with Crippen molar-refractivity contribution < 1.29 is 0 Å². The Morgan fingerprint density at radius 3 is 2.89 bits per heavy atom. The number of nitriles is 1. The Morgan fingerprint density at radius 1 is 1.67 bits per heavy atom. The molecule has 0 aromatic carbocycles. The van der Waals surface area contributed by atoms with Crippen LogP contribution in [0.25, 0.3) is 0 Å². The van der Waals surface area contributed by atoms with Crippen molar-refractivity contribution in [2.45, 2.75) is 6.42 Å². The Balaban J connectivity index is 2.76. The summed E-state index contributed by atoms with van der Waals surface area (Å²) < 4.78 is 0.778. The van der Waals surface area contributed by atoms with E-state index in [4.69, 9.17) is 13.1 Å². The minimum absolute atomic E-state index is 0.474. The first-order valence-corrected chi connectivity index (χ1v) is 3.35. The van der Waals surface area contributed by atoms with Crippen LogP contribution >= 0.6 is 11.3 Å². The molecule has 1 aromatic rings. The molecule has 0 bridgehead atoms. The molecule has 9 heavy (non-hydrogen) atoms. The summed E-state index contributed by atoms with van der Waals surface area (Å²) in [5, 5.41) is 8.24. The smallest absolute Gasteiger partial charge is 0.128 e. The molecule has 0 N–H and O–H groups in total. The van der Waals surface area contributed by atoms with Crippen LogP contribution in [0, 0.1) is 11.3 Å². The molecule has 0 spiro atoms. The molecule has 42 valence electrons. The second kappa shape index (κ2) is 2.70. The molecule has 1 aromatic heterocycles. The van der Waals surface area contributed by atoms with Crippen LogP contribution in [0.3, 0.4) is 0 Å². The molecule has 0 aliphatic carbocycles. The van der Waals surface area contributed by atoms with E-state index in [0.717, 1.165) is 9.65 Å². The molecule has 0 unspecified atom stereocenters. The van der Waals surface area contributed by atoms with Crippen molar-refractivity contribution in [1.29, 1.82) is 5.26 Å². The molecule has 0 atom stereocenters. The van der Waals surface area contributed by atoms with Crippen LogP contribution in [0.1, 0.15) is 4.88 Å². The minimum atomic E-state index is 0.474. The molecule has 0 aliphatic rings. The molecule has 1 heterocycles. The average Bonchev–Trinajstić information content (AvgIpc) is 2.17. The number of thiophene rings is 1. The van der Waals surface area contributed by atoms with Gasteiger partial charge in [-0.15, -0.1) is 0 Å². The fourth-order valence-corrected chi connectivity index (χ4v) is 1.28. The highest BCUT2D eigenvalue weighted by molar-refractivity contribution is 7.20. The molecule has 0 saturated carbocycles. The molecule has 0 saturated heterocycles.